The molecule has 2 aromatic carbocycles. The summed E-state index contributed by atoms with van der Waals surface area (Å²) in [5.74, 6) is 1.52. The zero-order valence-electron chi connectivity index (χ0n) is 18.1. The Labute approximate surface area is 173 Å². The van der Waals surface area contributed by atoms with Gasteiger partial charge in [-0.1, -0.05) is 61.4 Å². The zero-order valence-corrected chi connectivity index (χ0v) is 18.1. The van der Waals surface area contributed by atoms with Gasteiger partial charge >= 0.3 is 0 Å². The molecule has 1 heterocycles. The van der Waals surface area contributed by atoms with Crippen molar-refractivity contribution in [2.75, 3.05) is 0 Å². The molecular weight excluding hydrogens is 358 g/mol. The fourth-order valence-electron chi connectivity index (χ4n) is 4.77. The molecule has 2 N–H and O–H groups in total. The molecule has 0 saturated heterocycles. The Balaban J connectivity index is 2.08. The van der Waals surface area contributed by atoms with Crippen LogP contribution in [0, 0.1) is 13.8 Å². The highest BCUT2D eigenvalue weighted by Crippen LogP contribution is 2.47. The fourth-order valence-corrected chi connectivity index (χ4v) is 4.77. The third-order valence-electron chi connectivity index (χ3n) is 6.03. The van der Waals surface area contributed by atoms with Gasteiger partial charge in [0.1, 0.15) is 5.41 Å². The van der Waals surface area contributed by atoms with Crippen LogP contribution in [0.2, 0.25) is 0 Å². The summed E-state index contributed by atoms with van der Waals surface area (Å²) in [5.41, 5.74) is 13.7. The SMILES string of the molecule is Cc1ccc2c(c1)CCc1cc(C)ccc1C2(C[C@H](C)N)c1nnc(C(C)C)o1. The molecule has 1 aliphatic carbocycles. The predicted octanol–water partition coefficient (Wildman–Crippen LogP) is 4.98. The molecule has 152 valence electrons. The second-order valence-electron chi connectivity index (χ2n) is 9.01. The first kappa shape index (κ1) is 19.8. The lowest BCUT2D eigenvalue weighted by Gasteiger charge is -2.35. The molecule has 3 aromatic rings. The van der Waals surface area contributed by atoms with Gasteiger partial charge in [0, 0.05) is 12.0 Å². The van der Waals surface area contributed by atoms with Gasteiger partial charge in [-0.25, -0.2) is 0 Å². The van der Waals surface area contributed by atoms with Crippen molar-refractivity contribution in [2.45, 2.75) is 71.3 Å². The molecule has 1 aliphatic rings. The number of nitrogens with zero attached hydrogens (tertiary/aromatic N) is 2. The molecule has 1 aromatic heterocycles. The van der Waals surface area contributed by atoms with Gasteiger partial charge in [-0.05, 0) is 62.3 Å². The van der Waals surface area contributed by atoms with Crippen molar-refractivity contribution >= 4 is 0 Å². The van der Waals surface area contributed by atoms with Crippen molar-refractivity contribution < 1.29 is 4.42 Å². The zero-order chi connectivity index (χ0) is 20.8. The number of rotatable bonds is 4. The largest absolute Gasteiger partial charge is 0.424 e. The van der Waals surface area contributed by atoms with Crippen molar-refractivity contribution in [1.29, 1.82) is 0 Å². The summed E-state index contributed by atoms with van der Waals surface area (Å²) in [6.07, 6.45) is 2.72. The van der Waals surface area contributed by atoms with Crippen molar-refractivity contribution in [1.82, 2.24) is 10.2 Å². The number of aryl methyl sites for hydroxylation is 4. The van der Waals surface area contributed by atoms with Crippen LogP contribution in [-0.2, 0) is 18.3 Å². The van der Waals surface area contributed by atoms with E-state index < -0.39 is 5.41 Å². The molecular formula is C25H31N3O. The predicted molar refractivity (Wildman–Crippen MR) is 116 cm³/mol. The molecule has 0 radical (unpaired) electrons. The van der Waals surface area contributed by atoms with E-state index in [1.807, 2.05) is 0 Å². The van der Waals surface area contributed by atoms with Gasteiger partial charge in [0.25, 0.3) is 0 Å². The summed E-state index contributed by atoms with van der Waals surface area (Å²) >= 11 is 0. The molecule has 0 unspecified atom stereocenters. The van der Waals surface area contributed by atoms with Crippen molar-refractivity contribution in [2.24, 2.45) is 5.73 Å². The highest BCUT2D eigenvalue weighted by Gasteiger charge is 2.46. The first-order valence-electron chi connectivity index (χ1n) is 10.6. The summed E-state index contributed by atoms with van der Waals surface area (Å²) in [4.78, 5) is 0. The molecule has 0 spiro atoms. The van der Waals surface area contributed by atoms with Gasteiger partial charge < -0.3 is 10.2 Å². The van der Waals surface area contributed by atoms with Crippen LogP contribution in [0.15, 0.2) is 40.8 Å². The number of aromatic nitrogens is 2. The Kier molecular flexibility index (Phi) is 5.07. The lowest BCUT2D eigenvalue weighted by atomic mass is 9.68. The standard InChI is InChI=1S/C25H31N3O/c1-15(2)23-27-28-24(29-23)25(14-18(5)26)21-10-6-16(3)12-19(21)8-9-20-13-17(4)7-11-22(20)25/h6-7,10-13,15,18H,8-9,14,26H2,1-5H3/t18-/m0/s1. The van der Waals surface area contributed by atoms with Crippen molar-refractivity contribution in [3.8, 4) is 0 Å². The fraction of sp³-hybridized carbons (Fsp3) is 0.440. The minimum atomic E-state index is -0.531. The lowest BCUT2D eigenvalue weighted by Crippen LogP contribution is -2.37. The molecule has 0 aliphatic heterocycles. The Morgan fingerprint density at radius 3 is 1.93 bits per heavy atom. The number of hydrogen-bond acceptors (Lipinski definition) is 4. The number of hydrogen-bond donors (Lipinski definition) is 1. The molecule has 0 amide bonds. The Hall–Kier alpha value is -2.46. The molecule has 4 rings (SSSR count). The summed E-state index contributed by atoms with van der Waals surface area (Å²) in [6.45, 7) is 10.5. The second-order valence-corrected chi connectivity index (χ2v) is 9.01. The highest BCUT2D eigenvalue weighted by molar-refractivity contribution is 5.55. The quantitative estimate of drug-likeness (QED) is 0.683. The van der Waals surface area contributed by atoms with Crippen LogP contribution in [0.1, 0.15) is 78.3 Å². The van der Waals surface area contributed by atoms with Gasteiger partial charge in [0.05, 0.1) is 0 Å². The van der Waals surface area contributed by atoms with Crippen LogP contribution in [-0.4, -0.2) is 16.2 Å². The lowest BCUT2D eigenvalue weighted by molar-refractivity contribution is 0.352. The molecule has 0 fully saturated rings. The van der Waals surface area contributed by atoms with Gasteiger partial charge in [-0.3, -0.25) is 0 Å². The van der Waals surface area contributed by atoms with Gasteiger partial charge in [-0.2, -0.15) is 0 Å². The molecule has 4 heteroatoms. The van der Waals surface area contributed by atoms with E-state index in [4.69, 9.17) is 10.2 Å². The van der Waals surface area contributed by atoms with E-state index in [0.29, 0.717) is 11.8 Å². The van der Waals surface area contributed by atoms with E-state index in [0.717, 1.165) is 19.3 Å². The maximum Gasteiger partial charge on any atom is 0.231 e. The maximum atomic E-state index is 6.45. The van der Waals surface area contributed by atoms with Gasteiger partial charge in [-0.15, -0.1) is 10.2 Å². The first-order valence-corrected chi connectivity index (χ1v) is 10.6. The van der Waals surface area contributed by atoms with Crippen LogP contribution in [0.3, 0.4) is 0 Å². The van der Waals surface area contributed by atoms with E-state index in [1.165, 1.54) is 33.4 Å². The topological polar surface area (TPSA) is 64.9 Å². The van der Waals surface area contributed by atoms with Crippen molar-refractivity contribution in [3.05, 3.63) is 81.6 Å². The number of benzene rings is 2. The van der Waals surface area contributed by atoms with Crippen LogP contribution in [0.25, 0.3) is 0 Å². The molecule has 29 heavy (non-hydrogen) atoms. The Morgan fingerprint density at radius 1 is 0.931 bits per heavy atom. The summed E-state index contributed by atoms with van der Waals surface area (Å²) in [7, 11) is 0. The number of fused-ring (bicyclic) bond motifs is 2. The van der Waals surface area contributed by atoms with Gasteiger partial charge in [0.2, 0.25) is 11.8 Å². The van der Waals surface area contributed by atoms with Gasteiger partial charge in [0.15, 0.2) is 0 Å². The Bertz CT molecular complexity index is 979. The third-order valence-corrected chi connectivity index (χ3v) is 6.03. The molecule has 4 nitrogen and oxygen atoms in total. The summed E-state index contributed by atoms with van der Waals surface area (Å²) in [6, 6.07) is 13.5. The van der Waals surface area contributed by atoms with Crippen molar-refractivity contribution in [3.63, 3.8) is 0 Å². The number of nitrogens with two attached hydrogens (primary N) is 1. The van der Waals surface area contributed by atoms with E-state index in [9.17, 15) is 0 Å². The van der Waals surface area contributed by atoms with E-state index >= 15 is 0 Å². The second kappa shape index (κ2) is 7.42. The van der Waals surface area contributed by atoms with Crippen LogP contribution >= 0.6 is 0 Å². The normalized spacial score (nSPS) is 16.2. The van der Waals surface area contributed by atoms with Crippen LogP contribution in [0.5, 0.6) is 0 Å². The van der Waals surface area contributed by atoms with E-state index in [2.05, 4.69) is 81.2 Å². The molecule has 0 bridgehead atoms. The van der Waals surface area contributed by atoms with Crippen LogP contribution < -0.4 is 5.73 Å². The summed E-state index contributed by atoms with van der Waals surface area (Å²) < 4.78 is 6.34. The maximum absolute atomic E-state index is 6.45. The Morgan fingerprint density at radius 2 is 1.48 bits per heavy atom. The highest BCUT2D eigenvalue weighted by atomic mass is 16.4. The van der Waals surface area contributed by atoms with E-state index in [1.54, 1.807) is 0 Å². The van der Waals surface area contributed by atoms with Crippen LogP contribution in [0.4, 0.5) is 0 Å². The first-order chi connectivity index (χ1) is 13.8. The average molecular weight is 390 g/mol. The minimum absolute atomic E-state index is 0.0224. The average Bonchev–Trinajstić information content (AvgIpc) is 3.11. The van der Waals surface area contributed by atoms with E-state index in [-0.39, 0.29) is 12.0 Å². The third kappa shape index (κ3) is 3.40. The molecule has 0 saturated carbocycles. The smallest absolute Gasteiger partial charge is 0.231 e. The summed E-state index contributed by atoms with van der Waals surface area (Å²) in [5, 5.41) is 9.00. The monoisotopic (exact) mass is 389 g/mol. The molecule has 1 atom stereocenters. The minimum Gasteiger partial charge on any atom is -0.424 e.